The summed E-state index contributed by atoms with van der Waals surface area (Å²) >= 11 is 0. The molecular formula is C65H104O25. The second kappa shape index (κ2) is 27.8. The van der Waals surface area contributed by atoms with Crippen LogP contribution in [0.15, 0.2) is 11.6 Å². The first-order chi connectivity index (χ1) is 42.0. The van der Waals surface area contributed by atoms with Crippen LogP contribution in [0.4, 0.5) is 0 Å². The lowest BCUT2D eigenvalue weighted by molar-refractivity contribution is -0.321. The molecule has 5 unspecified atom stereocenters. The maximum atomic E-state index is 15.2. The fraction of sp³-hybridized carbons (Fsp3) is 0.892. The van der Waals surface area contributed by atoms with E-state index in [2.05, 4.69) is 40.7 Å². The summed E-state index contributed by atoms with van der Waals surface area (Å²) in [6, 6.07) is 0. The summed E-state index contributed by atoms with van der Waals surface area (Å²) < 4.78 is 46.8. The highest BCUT2D eigenvalue weighted by atomic mass is 16.7. The van der Waals surface area contributed by atoms with Crippen molar-refractivity contribution in [3.05, 3.63) is 11.6 Å². The Morgan fingerprint density at radius 1 is 0.689 bits per heavy atom. The number of aliphatic hydroxyl groups is 11. The average Bonchev–Trinajstić information content (AvgIpc) is 0.729. The van der Waals surface area contributed by atoms with E-state index in [0.29, 0.717) is 57.8 Å². The van der Waals surface area contributed by atoms with Gasteiger partial charge in [-0.2, -0.15) is 0 Å². The predicted molar refractivity (Wildman–Crippen MR) is 314 cm³/mol. The molecule has 25 heteroatoms. The first kappa shape index (κ1) is 72.5. The van der Waals surface area contributed by atoms with Gasteiger partial charge in [-0.3, -0.25) is 14.4 Å². The Morgan fingerprint density at radius 3 is 1.91 bits per heavy atom. The van der Waals surface area contributed by atoms with Gasteiger partial charge in [0.25, 0.3) is 0 Å². The van der Waals surface area contributed by atoms with Crippen molar-refractivity contribution in [2.45, 2.75) is 295 Å². The van der Waals surface area contributed by atoms with Crippen LogP contribution < -0.4 is 0 Å². The Balaban J connectivity index is 0.900. The third-order valence-corrected chi connectivity index (χ3v) is 23.8. The van der Waals surface area contributed by atoms with E-state index in [4.69, 9.17) is 37.9 Å². The summed E-state index contributed by atoms with van der Waals surface area (Å²) in [6.45, 7) is 20.9. The van der Waals surface area contributed by atoms with Crippen molar-refractivity contribution in [2.24, 2.45) is 62.1 Å². The van der Waals surface area contributed by atoms with Crippen LogP contribution in [0, 0.1) is 62.1 Å². The fourth-order valence-electron chi connectivity index (χ4n) is 17.6. The Morgan fingerprint density at radius 2 is 1.30 bits per heavy atom. The van der Waals surface area contributed by atoms with Gasteiger partial charge in [0.1, 0.15) is 66.6 Å². The van der Waals surface area contributed by atoms with Gasteiger partial charge in [0.05, 0.1) is 61.5 Å². The molecule has 0 aromatic rings. The third-order valence-electron chi connectivity index (χ3n) is 23.8. The molecule has 0 radical (unpaired) electrons. The Bertz CT molecular complexity index is 2570. The second-order valence-corrected chi connectivity index (χ2v) is 29.8. The van der Waals surface area contributed by atoms with Crippen LogP contribution in [-0.2, 0) is 61.9 Å². The molecule has 3 saturated heterocycles. The molecule has 0 aromatic carbocycles. The highest BCUT2D eigenvalue weighted by molar-refractivity contribution is 5.80. The number of rotatable bonds is 23. The molecule has 12 N–H and O–H groups in total. The van der Waals surface area contributed by atoms with Gasteiger partial charge in [0.15, 0.2) is 24.8 Å². The topological polar surface area (TPSA) is 402 Å². The van der Waals surface area contributed by atoms with Crippen LogP contribution in [-0.4, -0.2) is 221 Å². The normalized spacial score (nSPS) is 45.1. The first-order valence-corrected chi connectivity index (χ1v) is 32.7. The quantitative estimate of drug-likeness (QED) is 0.0229. The summed E-state index contributed by atoms with van der Waals surface area (Å²) in [5.41, 5.74) is -3.56. The summed E-state index contributed by atoms with van der Waals surface area (Å²) in [5.74, 6) is -5.46. The molecular weight excluding hydrogens is 1180 g/mol. The molecule has 0 spiro atoms. The Hall–Kier alpha value is -3.35. The monoisotopic (exact) mass is 1280 g/mol. The minimum Gasteiger partial charge on any atom is -0.479 e. The largest absolute Gasteiger partial charge is 0.479 e. The third kappa shape index (κ3) is 13.3. The second-order valence-electron chi connectivity index (χ2n) is 29.8. The molecule has 7 fully saturated rings. The van der Waals surface area contributed by atoms with Gasteiger partial charge in [-0.25, -0.2) is 4.79 Å². The zero-order chi connectivity index (χ0) is 66.7. The number of ether oxygens (including phenoxy) is 8. The predicted octanol–water partition coefficient (Wildman–Crippen LogP) is 2.25. The van der Waals surface area contributed by atoms with Gasteiger partial charge in [0, 0.05) is 12.8 Å². The number of fused-ring (bicyclic) bond motifs is 7. The van der Waals surface area contributed by atoms with Gasteiger partial charge < -0.3 is 104 Å². The number of carboxylic acids is 1. The zero-order valence-electron chi connectivity index (χ0n) is 54.1. The van der Waals surface area contributed by atoms with E-state index in [9.17, 15) is 80.5 Å². The number of aliphatic carboxylic acids is 1. The molecule has 0 bridgehead atoms. The highest BCUT2D eigenvalue weighted by Crippen LogP contribution is 2.76. The number of aliphatic hydroxyl groups excluding tert-OH is 11. The number of hydrogen-bond donors (Lipinski definition) is 12. The van der Waals surface area contributed by atoms with Crippen molar-refractivity contribution in [3.63, 3.8) is 0 Å². The van der Waals surface area contributed by atoms with Crippen molar-refractivity contribution < 1.29 is 123 Å². The molecule has 25 nitrogen and oxygen atoms in total. The molecule has 30 atom stereocenters. The van der Waals surface area contributed by atoms with Crippen molar-refractivity contribution >= 4 is 30.2 Å². The molecule has 0 aromatic heterocycles. The number of carboxylic acid groups (broad SMARTS) is 1. The lowest BCUT2D eigenvalue weighted by Gasteiger charge is -2.71. The number of hydrogen-bond acceptors (Lipinski definition) is 24. The minimum atomic E-state index is -1.93. The number of carbonyl (C=O) groups is 5. The van der Waals surface area contributed by atoms with Gasteiger partial charge in [0.2, 0.25) is 6.29 Å². The van der Waals surface area contributed by atoms with E-state index in [1.807, 2.05) is 20.8 Å². The minimum absolute atomic E-state index is 0.0406. The van der Waals surface area contributed by atoms with E-state index in [-0.39, 0.29) is 54.8 Å². The molecule has 8 rings (SSSR count). The molecule has 514 valence electrons. The Kier molecular flexibility index (Phi) is 22.4. The van der Waals surface area contributed by atoms with Crippen LogP contribution in [0.3, 0.4) is 0 Å². The maximum Gasteiger partial charge on any atom is 0.335 e. The van der Waals surface area contributed by atoms with Crippen LogP contribution in [0.5, 0.6) is 0 Å². The van der Waals surface area contributed by atoms with Gasteiger partial charge >= 0.3 is 23.9 Å². The van der Waals surface area contributed by atoms with Crippen molar-refractivity contribution in [3.8, 4) is 0 Å². The van der Waals surface area contributed by atoms with E-state index in [1.54, 1.807) is 13.8 Å². The maximum absolute atomic E-state index is 15.2. The molecule has 90 heavy (non-hydrogen) atoms. The lowest BCUT2D eigenvalue weighted by Crippen LogP contribution is -2.69. The molecule has 5 aliphatic carbocycles. The first-order valence-electron chi connectivity index (χ1n) is 32.7. The summed E-state index contributed by atoms with van der Waals surface area (Å²) in [4.78, 5) is 67.5. The standard InChI is InChI=1S/C65H104O25/c1-12-30(3)37(84-44(71)24-34(69)23-38(31(4)13-2)85-57-50(77)46(73)39(28-66)86-57)22-33(68)25-45(72)88-53-32(5)83-56(52(79)49(53)76)90-59(82)65-21-20-60(6,7)26-36(65)35-14-15-41-61(8)18-17-43(87-58-51(78)47(74)48(75)54(89-58)55(80)81)62(9,29-67)40(61)16-19-63(41,10)64(35,11)27-42(65)70/h14,29-34,36-43,46-54,56-58,66,68-70,73-79H,12-13,15-28H2,1-11H3,(H,80,81)/t30-,31-,32-,33-,34-,36-,37?,38?,39-,40?,41?,42+,43-,46-,47-,48-,49-,50+,51+,52-,53+,54-,56+,57+,58?,61-,62-,63+,64+,65+/m0/s1. The highest BCUT2D eigenvalue weighted by Gasteiger charge is 2.73. The SMILES string of the molecule is CC[C@H](C)C(C[C@H](O)CC(=O)O[C@H]1[C@@H](O)[C@H](O)[C@@H](OC(=O)[C@]23CCC(C)(C)C[C@H]2C2=CCC4[C@@]5(C)CC[C@H](OC6O[C@H](C(=O)O)[C@@H](O)[C@H](O)[C@H]6O)[C@@](C)(C=O)C5CC[C@@]4(C)[C@]2(C)C[C@H]3O)O[C@H]1C)OC(=O)C[C@@H](O)CC(O[C@@H]1O[C@@H](CO)[C@H](O)[C@H]1O)[C@@H](C)CC. The van der Waals surface area contributed by atoms with E-state index >= 15 is 4.79 Å². The summed E-state index contributed by atoms with van der Waals surface area (Å²) in [6.07, 6.45) is -22.0. The van der Waals surface area contributed by atoms with E-state index in [0.717, 1.165) is 11.9 Å². The summed E-state index contributed by atoms with van der Waals surface area (Å²) in [5, 5.41) is 130. The number of carbonyl (C=O) groups excluding carboxylic acids is 4. The van der Waals surface area contributed by atoms with Crippen LogP contribution in [0.25, 0.3) is 0 Å². The van der Waals surface area contributed by atoms with Gasteiger partial charge in [-0.15, -0.1) is 0 Å². The van der Waals surface area contributed by atoms with Crippen LogP contribution in [0.1, 0.15) is 172 Å². The number of allylic oxidation sites excluding steroid dienone is 2. The van der Waals surface area contributed by atoms with Crippen LogP contribution >= 0.6 is 0 Å². The smallest absolute Gasteiger partial charge is 0.335 e. The summed E-state index contributed by atoms with van der Waals surface area (Å²) in [7, 11) is 0. The molecule has 3 aliphatic heterocycles. The van der Waals surface area contributed by atoms with Crippen molar-refractivity contribution in [2.75, 3.05) is 6.61 Å². The zero-order valence-corrected chi connectivity index (χ0v) is 54.1. The van der Waals surface area contributed by atoms with Crippen LogP contribution in [0.2, 0.25) is 0 Å². The Labute approximate surface area is 527 Å². The average molecular weight is 1290 g/mol. The van der Waals surface area contributed by atoms with E-state index < -0.39 is 199 Å². The molecule has 8 aliphatic rings. The molecule has 3 heterocycles. The lowest BCUT2D eigenvalue weighted by atomic mass is 9.33. The fourth-order valence-corrected chi connectivity index (χ4v) is 17.6. The molecule has 0 amide bonds. The number of aldehydes is 1. The van der Waals surface area contributed by atoms with Crippen molar-refractivity contribution in [1.82, 2.24) is 0 Å². The van der Waals surface area contributed by atoms with E-state index in [1.165, 1.54) is 6.92 Å². The molecule has 4 saturated carbocycles. The van der Waals surface area contributed by atoms with Gasteiger partial charge in [-0.05, 0) is 116 Å². The van der Waals surface area contributed by atoms with Crippen molar-refractivity contribution in [1.29, 1.82) is 0 Å². The number of esters is 3. The van der Waals surface area contributed by atoms with Gasteiger partial charge in [-0.1, -0.05) is 93.7 Å².